The molecule has 1 amide bonds. The molecule has 2 heterocycles. The Kier molecular flexibility index (Phi) is 4.21. The van der Waals surface area contributed by atoms with Gasteiger partial charge >= 0.3 is 0 Å². The minimum absolute atomic E-state index is 0.194. The molecule has 0 saturated carbocycles. The van der Waals surface area contributed by atoms with Crippen LogP contribution in [-0.4, -0.2) is 47.6 Å². The van der Waals surface area contributed by atoms with E-state index in [0.717, 1.165) is 45.3 Å². The fourth-order valence-electron chi connectivity index (χ4n) is 3.13. The Bertz CT molecular complexity index is 321. The van der Waals surface area contributed by atoms with E-state index >= 15 is 0 Å². The second-order valence-electron chi connectivity index (χ2n) is 7.27. The number of piperidine rings is 1. The zero-order valence-electron chi connectivity index (χ0n) is 12.9. The van der Waals surface area contributed by atoms with Crippen LogP contribution >= 0.6 is 0 Å². The van der Waals surface area contributed by atoms with Gasteiger partial charge in [-0.2, -0.15) is 0 Å². The van der Waals surface area contributed by atoms with Crippen LogP contribution in [0.2, 0.25) is 0 Å². The van der Waals surface area contributed by atoms with Gasteiger partial charge in [0.25, 0.3) is 0 Å². The van der Waals surface area contributed by atoms with E-state index in [1.54, 1.807) is 0 Å². The molecule has 2 saturated heterocycles. The molecule has 0 aromatic rings. The van der Waals surface area contributed by atoms with Crippen molar-refractivity contribution in [2.24, 2.45) is 0 Å². The number of likely N-dealkylation sites (tertiary alicyclic amines) is 1. The Morgan fingerprint density at radius 3 is 2.42 bits per heavy atom. The van der Waals surface area contributed by atoms with Crippen molar-refractivity contribution in [3.05, 3.63) is 0 Å². The normalized spacial score (nSPS) is 30.5. The van der Waals surface area contributed by atoms with Crippen LogP contribution in [-0.2, 0) is 4.79 Å². The minimum Gasteiger partial charge on any atom is -0.352 e. The van der Waals surface area contributed by atoms with E-state index in [4.69, 9.17) is 0 Å². The van der Waals surface area contributed by atoms with Gasteiger partial charge in [-0.1, -0.05) is 0 Å². The lowest BCUT2D eigenvalue weighted by Gasteiger charge is -2.41. The molecule has 0 aromatic carbocycles. The highest BCUT2D eigenvalue weighted by atomic mass is 16.2. The van der Waals surface area contributed by atoms with E-state index in [2.05, 4.69) is 36.3 Å². The number of nitrogens with one attached hydrogen (secondary N) is 2. The van der Waals surface area contributed by atoms with Crippen LogP contribution in [0.25, 0.3) is 0 Å². The third-order valence-corrected chi connectivity index (χ3v) is 4.65. The van der Waals surface area contributed by atoms with Crippen LogP contribution in [0.1, 0.15) is 53.4 Å². The number of hydrogen-bond donors (Lipinski definition) is 2. The van der Waals surface area contributed by atoms with Gasteiger partial charge in [0.05, 0.1) is 5.54 Å². The summed E-state index contributed by atoms with van der Waals surface area (Å²) in [6, 6.07) is 0.352. The van der Waals surface area contributed by atoms with Gasteiger partial charge in [0.2, 0.25) is 5.91 Å². The van der Waals surface area contributed by atoms with Crippen molar-refractivity contribution in [2.45, 2.75) is 70.5 Å². The molecule has 0 radical (unpaired) electrons. The molecule has 19 heavy (non-hydrogen) atoms. The first kappa shape index (κ1) is 14.8. The molecular weight excluding hydrogens is 238 g/mol. The lowest BCUT2D eigenvalue weighted by Crippen LogP contribution is -2.56. The van der Waals surface area contributed by atoms with Crippen molar-refractivity contribution in [3.63, 3.8) is 0 Å². The van der Waals surface area contributed by atoms with Crippen LogP contribution in [0.4, 0.5) is 0 Å². The molecule has 110 valence electrons. The largest absolute Gasteiger partial charge is 0.352 e. The van der Waals surface area contributed by atoms with Gasteiger partial charge in [0.1, 0.15) is 0 Å². The van der Waals surface area contributed by atoms with Crippen LogP contribution in [0.5, 0.6) is 0 Å². The zero-order valence-corrected chi connectivity index (χ0v) is 12.9. The van der Waals surface area contributed by atoms with E-state index in [0.29, 0.717) is 6.04 Å². The molecule has 0 aromatic heterocycles. The Labute approximate surface area is 117 Å². The zero-order chi connectivity index (χ0) is 14.1. The lowest BCUT2D eigenvalue weighted by atomic mass is 9.95. The number of hydrogen-bond acceptors (Lipinski definition) is 3. The summed E-state index contributed by atoms with van der Waals surface area (Å²) in [6.45, 7) is 11.9. The Hall–Kier alpha value is -0.610. The minimum atomic E-state index is -0.332. The average Bonchev–Trinajstić information content (AvgIpc) is 2.77. The fourth-order valence-corrected chi connectivity index (χ4v) is 3.13. The molecule has 0 spiro atoms. The summed E-state index contributed by atoms with van der Waals surface area (Å²) in [4.78, 5) is 14.8. The molecule has 2 rings (SSSR count). The predicted octanol–water partition coefficient (Wildman–Crippen LogP) is 1.51. The summed E-state index contributed by atoms with van der Waals surface area (Å²) in [5.41, 5.74) is -0.0882. The number of carbonyl (C=O) groups is 1. The third-order valence-electron chi connectivity index (χ3n) is 4.65. The van der Waals surface area contributed by atoms with Crippen LogP contribution < -0.4 is 10.6 Å². The third kappa shape index (κ3) is 3.48. The van der Waals surface area contributed by atoms with Crippen molar-refractivity contribution in [3.8, 4) is 0 Å². The maximum absolute atomic E-state index is 12.3. The average molecular weight is 267 g/mol. The standard InChI is InChI=1S/C15H29N3O/c1-14(2,3)18-10-6-12(7-11-18)17-13(19)15(4)8-5-9-16-15/h12,16H,5-11H2,1-4H3,(H,17,19). The highest BCUT2D eigenvalue weighted by Crippen LogP contribution is 2.22. The predicted molar refractivity (Wildman–Crippen MR) is 78.1 cm³/mol. The molecule has 2 N–H and O–H groups in total. The molecule has 1 atom stereocenters. The summed E-state index contributed by atoms with van der Waals surface area (Å²) in [5, 5.41) is 6.58. The molecule has 0 aliphatic carbocycles. The summed E-state index contributed by atoms with van der Waals surface area (Å²) in [6.07, 6.45) is 4.20. The molecule has 4 nitrogen and oxygen atoms in total. The Balaban J connectivity index is 1.81. The molecule has 0 bridgehead atoms. The van der Waals surface area contributed by atoms with E-state index in [1.165, 1.54) is 0 Å². The molecule has 4 heteroatoms. The molecular formula is C15H29N3O. The topological polar surface area (TPSA) is 44.4 Å². The van der Waals surface area contributed by atoms with Crippen molar-refractivity contribution in [1.82, 2.24) is 15.5 Å². The maximum Gasteiger partial charge on any atom is 0.240 e. The van der Waals surface area contributed by atoms with Crippen molar-refractivity contribution in [2.75, 3.05) is 19.6 Å². The van der Waals surface area contributed by atoms with Crippen LogP contribution in [0.3, 0.4) is 0 Å². The number of nitrogens with zero attached hydrogens (tertiary/aromatic N) is 1. The second-order valence-corrected chi connectivity index (χ2v) is 7.27. The number of carbonyl (C=O) groups excluding carboxylic acids is 1. The first-order valence-electron chi connectivity index (χ1n) is 7.62. The first-order valence-corrected chi connectivity index (χ1v) is 7.62. The van der Waals surface area contributed by atoms with E-state index < -0.39 is 0 Å². The van der Waals surface area contributed by atoms with E-state index in [-0.39, 0.29) is 17.0 Å². The molecule has 2 aliphatic heterocycles. The molecule has 1 unspecified atom stereocenters. The quantitative estimate of drug-likeness (QED) is 0.797. The smallest absolute Gasteiger partial charge is 0.240 e. The SMILES string of the molecule is CC1(C(=O)NC2CCN(C(C)(C)C)CC2)CCCN1. The molecule has 2 aliphatic rings. The van der Waals surface area contributed by atoms with Gasteiger partial charge in [-0.3, -0.25) is 9.69 Å². The summed E-state index contributed by atoms with van der Waals surface area (Å²) >= 11 is 0. The lowest BCUT2D eigenvalue weighted by molar-refractivity contribution is -0.127. The van der Waals surface area contributed by atoms with Gasteiger partial charge in [-0.15, -0.1) is 0 Å². The van der Waals surface area contributed by atoms with E-state index in [1.807, 2.05) is 6.92 Å². The van der Waals surface area contributed by atoms with Crippen molar-refractivity contribution in [1.29, 1.82) is 0 Å². The van der Waals surface area contributed by atoms with Gasteiger partial charge in [-0.25, -0.2) is 0 Å². The van der Waals surface area contributed by atoms with Gasteiger partial charge in [0, 0.05) is 24.7 Å². The Morgan fingerprint density at radius 1 is 1.32 bits per heavy atom. The summed E-state index contributed by atoms with van der Waals surface area (Å²) < 4.78 is 0. The summed E-state index contributed by atoms with van der Waals surface area (Å²) in [5.74, 6) is 0.194. The highest BCUT2D eigenvalue weighted by molar-refractivity contribution is 5.86. The van der Waals surface area contributed by atoms with Crippen LogP contribution in [0.15, 0.2) is 0 Å². The fraction of sp³-hybridized carbons (Fsp3) is 0.933. The van der Waals surface area contributed by atoms with Gasteiger partial charge in [-0.05, 0) is 59.9 Å². The van der Waals surface area contributed by atoms with Gasteiger partial charge in [0.15, 0.2) is 0 Å². The van der Waals surface area contributed by atoms with Crippen LogP contribution in [0, 0.1) is 0 Å². The van der Waals surface area contributed by atoms with Crippen molar-refractivity contribution < 1.29 is 4.79 Å². The number of amides is 1. The van der Waals surface area contributed by atoms with E-state index in [9.17, 15) is 4.79 Å². The highest BCUT2D eigenvalue weighted by Gasteiger charge is 2.37. The second kappa shape index (κ2) is 5.41. The van der Waals surface area contributed by atoms with Gasteiger partial charge < -0.3 is 10.6 Å². The maximum atomic E-state index is 12.3. The first-order chi connectivity index (χ1) is 8.81. The van der Waals surface area contributed by atoms with Crippen molar-refractivity contribution >= 4 is 5.91 Å². The number of rotatable bonds is 2. The Morgan fingerprint density at radius 2 is 1.95 bits per heavy atom. The monoisotopic (exact) mass is 267 g/mol. The molecule has 2 fully saturated rings. The summed E-state index contributed by atoms with van der Waals surface area (Å²) in [7, 11) is 0.